The third-order valence-corrected chi connectivity index (χ3v) is 3.23. The van der Waals surface area contributed by atoms with Crippen molar-refractivity contribution in [2.45, 2.75) is 0 Å². The Hall–Kier alpha value is -3.28. The second kappa shape index (κ2) is 6.23. The Labute approximate surface area is 132 Å². The molecule has 0 aliphatic heterocycles. The highest BCUT2D eigenvalue weighted by atomic mass is 16.5. The molecule has 0 saturated heterocycles. The SMILES string of the molecule is COc1cc(/C=C/c2cc(O)n(-c3ccccn3)n2)ccc1O. The zero-order valence-corrected chi connectivity index (χ0v) is 12.4. The lowest BCUT2D eigenvalue weighted by molar-refractivity contribution is 0.373. The molecule has 0 atom stereocenters. The van der Waals surface area contributed by atoms with E-state index in [2.05, 4.69) is 10.1 Å². The Kier molecular flexibility index (Phi) is 3.97. The number of benzene rings is 1. The lowest BCUT2D eigenvalue weighted by Crippen LogP contribution is -1.98. The second-order valence-corrected chi connectivity index (χ2v) is 4.79. The summed E-state index contributed by atoms with van der Waals surface area (Å²) in [6, 6.07) is 11.9. The van der Waals surface area contributed by atoms with E-state index in [-0.39, 0.29) is 11.6 Å². The van der Waals surface area contributed by atoms with Crippen LogP contribution in [0.25, 0.3) is 18.0 Å². The zero-order valence-electron chi connectivity index (χ0n) is 12.4. The molecule has 2 heterocycles. The Morgan fingerprint density at radius 2 is 1.96 bits per heavy atom. The van der Waals surface area contributed by atoms with Crippen molar-refractivity contribution in [1.29, 1.82) is 0 Å². The maximum atomic E-state index is 9.97. The standard InChI is InChI=1S/C17H15N3O3/c1-23-15-10-12(6-8-14(15)21)5-7-13-11-17(22)20(19-13)16-4-2-3-9-18-16/h2-11,21-22H,1H3/b7-5+. The van der Waals surface area contributed by atoms with Crippen LogP contribution in [0.2, 0.25) is 0 Å². The van der Waals surface area contributed by atoms with E-state index in [1.54, 1.807) is 48.7 Å². The third kappa shape index (κ3) is 3.16. The fourth-order valence-corrected chi connectivity index (χ4v) is 2.10. The highest BCUT2D eigenvalue weighted by molar-refractivity contribution is 5.70. The molecule has 0 aliphatic carbocycles. The molecule has 2 N–H and O–H groups in total. The van der Waals surface area contributed by atoms with Gasteiger partial charge in [0.1, 0.15) is 0 Å². The van der Waals surface area contributed by atoms with E-state index in [9.17, 15) is 10.2 Å². The van der Waals surface area contributed by atoms with Gasteiger partial charge in [0.2, 0.25) is 5.88 Å². The molecule has 3 rings (SSSR count). The van der Waals surface area contributed by atoms with Crippen molar-refractivity contribution in [2.75, 3.05) is 7.11 Å². The minimum atomic E-state index is 0.00615. The van der Waals surface area contributed by atoms with Gasteiger partial charge in [-0.1, -0.05) is 18.2 Å². The normalized spacial score (nSPS) is 11.0. The van der Waals surface area contributed by atoms with Crippen molar-refractivity contribution < 1.29 is 14.9 Å². The van der Waals surface area contributed by atoms with Gasteiger partial charge in [0.05, 0.1) is 12.8 Å². The second-order valence-electron chi connectivity index (χ2n) is 4.79. The van der Waals surface area contributed by atoms with Gasteiger partial charge in [-0.25, -0.2) is 4.98 Å². The molecule has 0 bridgehead atoms. The van der Waals surface area contributed by atoms with Gasteiger partial charge in [-0.05, 0) is 35.9 Å². The van der Waals surface area contributed by atoms with Crippen molar-refractivity contribution in [1.82, 2.24) is 14.8 Å². The van der Waals surface area contributed by atoms with Crippen LogP contribution in [0.4, 0.5) is 0 Å². The maximum Gasteiger partial charge on any atom is 0.216 e. The van der Waals surface area contributed by atoms with Crippen LogP contribution < -0.4 is 4.74 Å². The van der Waals surface area contributed by atoms with Crippen LogP contribution in [0.5, 0.6) is 17.4 Å². The summed E-state index contributed by atoms with van der Waals surface area (Å²) in [4.78, 5) is 4.15. The molecule has 23 heavy (non-hydrogen) atoms. The average molecular weight is 309 g/mol. The van der Waals surface area contributed by atoms with Crippen molar-refractivity contribution in [2.24, 2.45) is 0 Å². The first kappa shape index (κ1) is 14.6. The molecule has 116 valence electrons. The van der Waals surface area contributed by atoms with Crippen molar-refractivity contribution >= 4 is 12.2 Å². The number of aromatic nitrogens is 3. The van der Waals surface area contributed by atoms with Crippen LogP contribution in [0.3, 0.4) is 0 Å². The molecule has 0 unspecified atom stereocenters. The molecule has 1 aromatic carbocycles. The van der Waals surface area contributed by atoms with Crippen LogP contribution in [-0.4, -0.2) is 32.1 Å². The highest BCUT2D eigenvalue weighted by Crippen LogP contribution is 2.27. The molecule has 0 radical (unpaired) electrons. The molecule has 3 aromatic rings. The molecule has 0 fully saturated rings. The van der Waals surface area contributed by atoms with Crippen LogP contribution in [0, 0.1) is 0 Å². The van der Waals surface area contributed by atoms with Gasteiger partial charge in [-0.3, -0.25) is 0 Å². The summed E-state index contributed by atoms with van der Waals surface area (Å²) in [5.41, 5.74) is 1.42. The van der Waals surface area contributed by atoms with Crippen LogP contribution in [0.15, 0.2) is 48.7 Å². The van der Waals surface area contributed by atoms with Crippen LogP contribution in [-0.2, 0) is 0 Å². The summed E-state index contributed by atoms with van der Waals surface area (Å²) in [7, 11) is 1.50. The van der Waals surface area contributed by atoms with Gasteiger partial charge in [0, 0.05) is 12.3 Å². The number of phenols is 1. The Morgan fingerprint density at radius 1 is 1.09 bits per heavy atom. The van der Waals surface area contributed by atoms with E-state index < -0.39 is 0 Å². The number of methoxy groups -OCH3 is 1. The third-order valence-electron chi connectivity index (χ3n) is 3.23. The number of ether oxygens (including phenoxy) is 1. The first-order chi connectivity index (χ1) is 11.2. The molecule has 6 nitrogen and oxygen atoms in total. The average Bonchev–Trinajstić information content (AvgIpc) is 2.96. The van der Waals surface area contributed by atoms with E-state index >= 15 is 0 Å². The predicted molar refractivity (Wildman–Crippen MR) is 86.6 cm³/mol. The summed E-state index contributed by atoms with van der Waals surface area (Å²) < 4.78 is 6.43. The van der Waals surface area contributed by atoms with Crippen molar-refractivity contribution in [3.63, 3.8) is 0 Å². The lowest BCUT2D eigenvalue weighted by atomic mass is 10.2. The first-order valence-electron chi connectivity index (χ1n) is 6.93. The van der Waals surface area contributed by atoms with Gasteiger partial charge < -0.3 is 14.9 Å². The van der Waals surface area contributed by atoms with E-state index in [0.717, 1.165) is 5.56 Å². The monoisotopic (exact) mass is 309 g/mol. The van der Waals surface area contributed by atoms with Gasteiger partial charge in [-0.15, -0.1) is 0 Å². The van der Waals surface area contributed by atoms with E-state index in [0.29, 0.717) is 17.3 Å². The lowest BCUT2D eigenvalue weighted by Gasteiger charge is -2.03. The van der Waals surface area contributed by atoms with Crippen LogP contribution >= 0.6 is 0 Å². The molecule has 6 heteroatoms. The number of phenolic OH excluding ortho intramolecular Hbond substituents is 1. The minimum absolute atomic E-state index is 0.00615. The number of hydrogen-bond acceptors (Lipinski definition) is 5. The fourth-order valence-electron chi connectivity index (χ4n) is 2.10. The minimum Gasteiger partial charge on any atom is -0.504 e. The molecule has 0 amide bonds. The number of rotatable bonds is 4. The first-order valence-corrected chi connectivity index (χ1v) is 6.93. The van der Waals surface area contributed by atoms with E-state index in [1.807, 2.05) is 12.1 Å². The molecule has 0 saturated carbocycles. The summed E-state index contributed by atoms with van der Waals surface area (Å²) in [6.45, 7) is 0. The van der Waals surface area contributed by atoms with Crippen LogP contribution in [0.1, 0.15) is 11.3 Å². The van der Waals surface area contributed by atoms with E-state index in [4.69, 9.17) is 4.74 Å². The highest BCUT2D eigenvalue weighted by Gasteiger charge is 2.07. The summed E-state index contributed by atoms with van der Waals surface area (Å²) in [5.74, 6) is 1.03. The zero-order chi connectivity index (χ0) is 16.2. The Morgan fingerprint density at radius 3 is 2.70 bits per heavy atom. The fraction of sp³-hybridized carbons (Fsp3) is 0.0588. The number of aromatic hydroxyl groups is 2. The van der Waals surface area contributed by atoms with Gasteiger partial charge in [0.25, 0.3) is 0 Å². The molecule has 2 aromatic heterocycles. The largest absolute Gasteiger partial charge is 0.504 e. The molecule has 0 spiro atoms. The predicted octanol–water partition coefficient (Wildman–Crippen LogP) is 2.86. The van der Waals surface area contributed by atoms with Gasteiger partial charge in [-0.2, -0.15) is 9.78 Å². The maximum absolute atomic E-state index is 9.97. The topological polar surface area (TPSA) is 80.4 Å². The number of hydrogen-bond donors (Lipinski definition) is 2. The van der Waals surface area contributed by atoms with Crippen molar-refractivity contribution in [3.05, 3.63) is 59.9 Å². The number of nitrogens with zero attached hydrogens (tertiary/aromatic N) is 3. The van der Waals surface area contributed by atoms with Gasteiger partial charge in [0.15, 0.2) is 17.3 Å². The summed E-state index contributed by atoms with van der Waals surface area (Å²) in [5, 5.41) is 23.8. The molecular weight excluding hydrogens is 294 g/mol. The van der Waals surface area contributed by atoms with Crippen molar-refractivity contribution in [3.8, 4) is 23.2 Å². The quantitative estimate of drug-likeness (QED) is 0.774. The van der Waals surface area contributed by atoms with Gasteiger partial charge >= 0.3 is 0 Å². The Bertz CT molecular complexity index is 842. The van der Waals surface area contributed by atoms with E-state index in [1.165, 1.54) is 11.8 Å². The smallest absolute Gasteiger partial charge is 0.216 e. The molecular formula is C17H15N3O3. The summed E-state index contributed by atoms with van der Waals surface area (Å²) in [6.07, 6.45) is 5.20. The Balaban J connectivity index is 1.86. The summed E-state index contributed by atoms with van der Waals surface area (Å²) >= 11 is 0. The molecule has 0 aliphatic rings. The number of pyridine rings is 1.